The molecule has 1 aliphatic rings. The van der Waals surface area contributed by atoms with Crippen LogP contribution in [-0.4, -0.2) is 46.5 Å². The molecule has 0 bridgehead atoms. The average molecular weight is 298 g/mol. The van der Waals surface area contributed by atoms with Crippen LogP contribution < -0.4 is 5.32 Å². The Morgan fingerprint density at radius 3 is 2.95 bits per heavy atom. The number of rotatable bonds is 5. The van der Waals surface area contributed by atoms with Gasteiger partial charge in [-0.05, 0) is 18.9 Å². The number of aromatic carboxylic acids is 1. The van der Waals surface area contributed by atoms with Gasteiger partial charge in [0.2, 0.25) is 5.91 Å². The summed E-state index contributed by atoms with van der Waals surface area (Å²) >= 11 is 5.95. The Bertz CT molecular complexity index is 522. The van der Waals surface area contributed by atoms with Crippen molar-refractivity contribution in [2.24, 2.45) is 0 Å². The molecule has 1 aromatic rings. The van der Waals surface area contributed by atoms with Crippen LogP contribution in [0.5, 0.6) is 0 Å². The van der Waals surface area contributed by atoms with E-state index >= 15 is 0 Å². The number of pyridine rings is 1. The fraction of sp³-hybridized carbons (Fsp3) is 0.462. The summed E-state index contributed by atoms with van der Waals surface area (Å²) in [7, 11) is 0. The van der Waals surface area contributed by atoms with Crippen molar-refractivity contribution in [3.8, 4) is 0 Å². The molecular formula is C13H16ClN3O3. The van der Waals surface area contributed by atoms with Gasteiger partial charge in [0.25, 0.3) is 0 Å². The van der Waals surface area contributed by atoms with Crippen molar-refractivity contribution in [1.29, 1.82) is 0 Å². The lowest BCUT2D eigenvalue weighted by Crippen LogP contribution is -2.38. The lowest BCUT2D eigenvalue weighted by molar-refractivity contribution is -0.133. The Kier molecular flexibility index (Phi) is 4.79. The highest BCUT2D eigenvalue weighted by molar-refractivity contribution is 6.33. The van der Waals surface area contributed by atoms with E-state index in [9.17, 15) is 9.59 Å². The summed E-state index contributed by atoms with van der Waals surface area (Å²) in [5, 5.41) is 12.1. The molecule has 2 rings (SSSR count). The lowest BCUT2D eigenvalue weighted by atomic mass is 10.1. The molecule has 1 amide bonds. The molecule has 0 atom stereocenters. The summed E-state index contributed by atoms with van der Waals surface area (Å²) in [5.41, 5.74) is 0.0479. The number of nitrogens with one attached hydrogen (secondary N) is 1. The summed E-state index contributed by atoms with van der Waals surface area (Å²) in [6, 6.07) is 1.35. The normalized spacial score (nSPS) is 15.2. The third kappa shape index (κ3) is 3.60. The van der Waals surface area contributed by atoms with Crippen LogP contribution in [-0.2, 0) is 4.79 Å². The summed E-state index contributed by atoms with van der Waals surface area (Å²) in [6.07, 6.45) is 3.87. The summed E-state index contributed by atoms with van der Waals surface area (Å²) < 4.78 is 0. The van der Waals surface area contributed by atoms with Gasteiger partial charge in [0.05, 0.1) is 10.6 Å². The molecule has 0 spiro atoms. The molecule has 1 aromatic heterocycles. The summed E-state index contributed by atoms with van der Waals surface area (Å²) in [4.78, 5) is 28.2. The fourth-order valence-electron chi connectivity index (χ4n) is 2.09. The number of anilines is 1. The molecule has 0 saturated carbocycles. The zero-order valence-corrected chi connectivity index (χ0v) is 11.7. The molecule has 0 unspecified atom stereocenters. The molecule has 2 heterocycles. The van der Waals surface area contributed by atoms with E-state index in [0.717, 1.165) is 19.4 Å². The van der Waals surface area contributed by atoms with Gasteiger partial charge in [-0.15, -0.1) is 0 Å². The zero-order valence-electron chi connectivity index (χ0n) is 10.9. The Morgan fingerprint density at radius 1 is 1.50 bits per heavy atom. The number of aromatic nitrogens is 1. The van der Waals surface area contributed by atoms with Gasteiger partial charge in [0.15, 0.2) is 0 Å². The second-order valence-corrected chi connectivity index (χ2v) is 5.03. The molecule has 2 N–H and O–H groups in total. The number of carboxylic acids is 1. The maximum Gasteiger partial charge on any atom is 0.337 e. The number of carboxylic acid groups (broad SMARTS) is 1. The largest absolute Gasteiger partial charge is 0.478 e. The van der Waals surface area contributed by atoms with E-state index in [1.165, 1.54) is 12.3 Å². The van der Waals surface area contributed by atoms with E-state index in [0.29, 0.717) is 25.3 Å². The van der Waals surface area contributed by atoms with Crippen LogP contribution in [0.4, 0.5) is 5.82 Å². The van der Waals surface area contributed by atoms with Crippen LogP contribution in [0.25, 0.3) is 0 Å². The van der Waals surface area contributed by atoms with Gasteiger partial charge in [0.1, 0.15) is 5.82 Å². The first-order chi connectivity index (χ1) is 9.58. The highest BCUT2D eigenvalue weighted by Gasteiger charge is 2.17. The van der Waals surface area contributed by atoms with E-state index in [4.69, 9.17) is 16.7 Å². The molecule has 20 heavy (non-hydrogen) atoms. The van der Waals surface area contributed by atoms with Crippen molar-refractivity contribution >= 4 is 29.3 Å². The molecular weight excluding hydrogens is 282 g/mol. The van der Waals surface area contributed by atoms with Gasteiger partial charge in [-0.3, -0.25) is 4.79 Å². The fourth-order valence-corrected chi connectivity index (χ4v) is 2.33. The predicted molar refractivity (Wildman–Crippen MR) is 75.1 cm³/mol. The average Bonchev–Trinajstić information content (AvgIpc) is 2.42. The van der Waals surface area contributed by atoms with Gasteiger partial charge >= 0.3 is 5.97 Å². The number of nitrogens with zero attached hydrogens (tertiary/aromatic N) is 2. The molecule has 1 saturated heterocycles. The minimum atomic E-state index is -1.06. The Balaban J connectivity index is 1.87. The zero-order chi connectivity index (χ0) is 14.5. The summed E-state index contributed by atoms with van der Waals surface area (Å²) in [6.45, 7) is 1.92. The predicted octanol–water partition coefficient (Wildman–Crippen LogP) is 1.86. The van der Waals surface area contributed by atoms with Crippen LogP contribution in [0, 0.1) is 0 Å². The molecule has 0 aliphatic carbocycles. The second kappa shape index (κ2) is 6.56. The van der Waals surface area contributed by atoms with Crippen molar-refractivity contribution in [2.75, 3.05) is 25.0 Å². The first kappa shape index (κ1) is 14.6. The number of halogens is 1. The Hall–Kier alpha value is -1.82. The second-order valence-electron chi connectivity index (χ2n) is 4.62. The van der Waals surface area contributed by atoms with E-state index in [-0.39, 0.29) is 16.5 Å². The molecule has 1 fully saturated rings. The molecule has 108 valence electrons. The van der Waals surface area contributed by atoms with Crippen molar-refractivity contribution in [3.63, 3.8) is 0 Å². The van der Waals surface area contributed by atoms with Gasteiger partial charge in [-0.1, -0.05) is 11.6 Å². The minimum absolute atomic E-state index is 0.0479. The highest BCUT2D eigenvalue weighted by Crippen LogP contribution is 2.20. The number of carbonyl (C=O) groups excluding carboxylic acids is 1. The number of hydrogen-bond donors (Lipinski definition) is 2. The van der Waals surface area contributed by atoms with E-state index in [2.05, 4.69) is 10.3 Å². The van der Waals surface area contributed by atoms with Crippen molar-refractivity contribution < 1.29 is 14.7 Å². The quantitative estimate of drug-likeness (QED) is 0.867. The SMILES string of the molecule is O=C(O)c1cnc(NCCN2CCCCC2=O)c(Cl)c1. The number of carbonyl (C=O) groups is 2. The van der Waals surface area contributed by atoms with Gasteiger partial charge in [0, 0.05) is 32.3 Å². The molecule has 7 heteroatoms. The Morgan fingerprint density at radius 2 is 2.30 bits per heavy atom. The van der Waals surface area contributed by atoms with Crippen molar-refractivity contribution in [1.82, 2.24) is 9.88 Å². The third-order valence-electron chi connectivity index (χ3n) is 3.18. The van der Waals surface area contributed by atoms with Crippen LogP contribution in [0.1, 0.15) is 29.6 Å². The smallest absolute Gasteiger partial charge is 0.337 e. The maximum absolute atomic E-state index is 11.6. The van der Waals surface area contributed by atoms with E-state index in [1.807, 2.05) is 4.90 Å². The Labute approximate surface area is 121 Å². The van der Waals surface area contributed by atoms with Crippen LogP contribution in [0.15, 0.2) is 12.3 Å². The minimum Gasteiger partial charge on any atom is -0.478 e. The molecule has 1 aliphatic heterocycles. The third-order valence-corrected chi connectivity index (χ3v) is 3.47. The number of hydrogen-bond acceptors (Lipinski definition) is 4. The number of piperidine rings is 1. The van der Waals surface area contributed by atoms with Crippen molar-refractivity contribution in [3.05, 3.63) is 22.8 Å². The standard InChI is InChI=1S/C13H16ClN3O3/c14-10-7-9(13(19)20)8-16-12(10)15-4-6-17-5-2-1-3-11(17)18/h7-8H,1-6H2,(H,15,16)(H,19,20). The lowest BCUT2D eigenvalue weighted by Gasteiger charge is -2.26. The monoisotopic (exact) mass is 297 g/mol. The van der Waals surface area contributed by atoms with Gasteiger partial charge in [-0.2, -0.15) is 0 Å². The van der Waals surface area contributed by atoms with Gasteiger partial charge in [-0.25, -0.2) is 9.78 Å². The summed E-state index contributed by atoms with van der Waals surface area (Å²) in [5.74, 6) is -0.454. The van der Waals surface area contributed by atoms with Crippen molar-refractivity contribution in [2.45, 2.75) is 19.3 Å². The molecule has 0 aromatic carbocycles. The first-order valence-electron chi connectivity index (χ1n) is 6.48. The topological polar surface area (TPSA) is 82.5 Å². The number of amides is 1. The van der Waals surface area contributed by atoms with Crippen LogP contribution in [0.2, 0.25) is 5.02 Å². The first-order valence-corrected chi connectivity index (χ1v) is 6.86. The highest BCUT2D eigenvalue weighted by atomic mass is 35.5. The molecule has 0 radical (unpaired) electrons. The molecule has 6 nitrogen and oxygen atoms in total. The van der Waals surface area contributed by atoms with E-state index < -0.39 is 5.97 Å². The van der Waals surface area contributed by atoms with Gasteiger partial charge < -0.3 is 15.3 Å². The number of likely N-dealkylation sites (tertiary alicyclic amines) is 1. The maximum atomic E-state index is 11.6. The van der Waals surface area contributed by atoms with E-state index in [1.54, 1.807) is 0 Å². The van der Waals surface area contributed by atoms with Crippen LogP contribution >= 0.6 is 11.6 Å². The van der Waals surface area contributed by atoms with Crippen LogP contribution in [0.3, 0.4) is 0 Å².